The second-order valence-corrected chi connectivity index (χ2v) is 5.92. The molecule has 23 heavy (non-hydrogen) atoms. The van der Waals surface area contributed by atoms with Gasteiger partial charge in [0, 0.05) is 6.54 Å². The van der Waals surface area contributed by atoms with Gasteiger partial charge in [-0.25, -0.2) is 4.39 Å². The maximum atomic E-state index is 13.9. The first-order chi connectivity index (χ1) is 11.1. The van der Waals surface area contributed by atoms with Crippen LogP contribution in [-0.4, -0.2) is 39.0 Å². The van der Waals surface area contributed by atoms with Gasteiger partial charge in [0.1, 0.15) is 5.83 Å². The Bertz CT molecular complexity index is 450. The predicted molar refractivity (Wildman–Crippen MR) is 93.3 cm³/mol. The van der Waals surface area contributed by atoms with Gasteiger partial charge in [-0.05, 0) is 38.8 Å². The van der Waals surface area contributed by atoms with Gasteiger partial charge in [0.25, 0.3) is 0 Å². The predicted octanol–water partition coefficient (Wildman–Crippen LogP) is 3.89. The Hall–Kier alpha value is -1.23. The van der Waals surface area contributed by atoms with Crippen LogP contribution in [0.25, 0.3) is 0 Å². The number of benzene rings is 1. The van der Waals surface area contributed by atoms with Crippen molar-refractivity contribution in [3.63, 3.8) is 0 Å². The highest BCUT2D eigenvalue weighted by Crippen LogP contribution is 2.18. The molecule has 0 fully saturated rings. The normalized spacial score (nSPS) is 14.7. The summed E-state index contributed by atoms with van der Waals surface area (Å²) in [5.74, 6) is -0.212. The van der Waals surface area contributed by atoms with E-state index in [1.54, 1.807) is 6.08 Å². The lowest BCUT2D eigenvalue weighted by atomic mass is 10.1. The van der Waals surface area contributed by atoms with Crippen LogP contribution >= 0.6 is 0 Å². The first-order valence-electron chi connectivity index (χ1n) is 8.34. The molecule has 1 atom stereocenters. The molecule has 0 aromatic heterocycles. The van der Waals surface area contributed by atoms with Crippen LogP contribution in [0.3, 0.4) is 0 Å². The van der Waals surface area contributed by atoms with Crippen LogP contribution in [0.2, 0.25) is 0 Å². The first kappa shape index (κ1) is 19.8. The van der Waals surface area contributed by atoms with Crippen molar-refractivity contribution in [1.29, 1.82) is 0 Å². The van der Waals surface area contributed by atoms with E-state index in [1.165, 1.54) is 5.56 Å². The SMILES string of the molecule is CCC(C)(COCCNC)OC/C(F)=C\CCc1ccccc1. The first-order valence-corrected chi connectivity index (χ1v) is 8.34. The maximum Gasteiger partial charge on any atom is 0.122 e. The largest absolute Gasteiger partial charge is 0.377 e. The molecule has 0 spiro atoms. The van der Waals surface area contributed by atoms with Gasteiger partial charge in [0.05, 0.1) is 25.4 Å². The Morgan fingerprint density at radius 2 is 2.04 bits per heavy atom. The molecule has 0 bridgehead atoms. The number of nitrogens with one attached hydrogen (secondary N) is 1. The summed E-state index contributed by atoms with van der Waals surface area (Å²) in [5.41, 5.74) is 0.770. The van der Waals surface area contributed by atoms with Gasteiger partial charge in [-0.3, -0.25) is 0 Å². The molecule has 0 aliphatic carbocycles. The zero-order valence-electron chi connectivity index (χ0n) is 14.6. The molecule has 0 saturated carbocycles. The lowest BCUT2D eigenvalue weighted by Gasteiger charge is -2.28. The summed E-state index contributed by atoms with van der Waals surface area (Å²) in [6.07, 6.45) is 3.92. The average molecular weight is 323 g/mol. The number of hydrogen-bond donors (Lipinski definition) is 1. The Morgan fingerprint density at radius 3 is 2.70 bits per heavy atom. The quantitative estimate of drug-likeness (QED) is 0.592. The third-order valence-electron chi connectivity index (χ3n) is 3.85. The molecule has 0 heterocycles. The molecule has 1 aromatic carbocycles. The van der Waals surface area contributed by atoms with Crippen molar-refractivity contribution in [2.24, 2.45) is 0 Å². The van der Waals surface area contributed by atoms with E-state index in [2.05, 4.69) is 17.4 Å². The van der Waals surface area contributed by atoms with E-state index >= 15 is 0 Å². The number of allylic oxidation sites excluding steroid dienone is 1. The van der Waals surface area contributed by atoms with Crippen molar-refractivity contribution in [2.75, 3.05) is 33.4 Å². The van der Waals surface area contributed by atoms with E-state index in [-0.39, 0.29) is 12.4 Å². The summed E-state index contributed by atoms with van der Waals surface area (Å²) in [5, 5.41) is 3.02. The molecule has 130 valence electrons. The molecule has 0 amide bonds. The summed E-state index contributed by atoms with van der Waals surface area (Å²) in [6.45, 7) is 5.90. The van der Waals surface area contributed by atoms with Crippen LogP contribution in [0.5, 0.6) is 0 Å². The monoisotopic (exact) mass is 323 g/mol. The van der Waals surface area contributed by atoms with Crippen molar-refractivity contribution < 1.29 is 13.9 Å². The summed E-state index contributed by atoms with van der Waals surface area (Å²) in [7, 11) is 1.88. The fourth-order valence-corrected chi connectivity index (χ4v) is 2.05. The number of ether oxygens (including phenoxy) is 2. The molecule has 1 aromatic rings. The zero-order valence-corrected chi connectivity index (χ0v) is 14.6. The number of hydrogen-bond acceptors (Lipinski definition) is 3. The Labute approximate surface area is 139 Å². The van der Waals surface area contributed by atoms with Crippen molar-refractivity contribution >= 4 is 0 Å². The summed E-state index contributed by atoms with van der Waals surface area (Å²) >= 11 is 0. The van der Waals surface area contributed by atoms with Gasteiger partial charge >= 0.3 is 0 Å². The van der Waals surface area contributed by atoms with Crippen molar-refractivity contribution in [1.82, 2.24) is 5.32 Å². The van der Waals surface area contributed by atoms with Crippen LogP contribution in [0.15, 0.2) is 42.2 Å². The molecule has 1 N–H and O–H groups in total. The third-order valence-corrected chi connectivity index (χ3v) is 3.85. The third kappa shape index (κ3) is 8.84. The van der Waals surface area contributed by atoms with Gasteiger partial charge in [-0.1, -0.05) is 43.3 Å². The van der Waals surface area contributed by atoms with E-state index in [9.17, 15) is 4.39 Å². The van der Waals surface area contributed by atoms with Gasteiger partial charge in [0.15, 0.2) is 0 Å². The lowest BCUT2D eigenvalue weighted by Crippen LogP contribution is -2.35. The van der Waals surface area contributed by atoms with Crippen molar-refractivity contribution in [2.45, 2.75) is 38.7 Å². The fraction of sp³-hybridized carbons (Fsp3) is 0.579. The Morgan fingerprint density at radius 1 is 1.30 bits per heavy atom. The molecule has 1 rings (SSSR count). The number of halogens is 1. The molecule has 3 nitrogen and oxygen atoms in total. The Kier molecular flexibility index (Phi) is 9.76. The molecule has 0 radical (unpaired) electrons. The maximum absolute atomic E-state index is 13.9. The molecule has 0 saturated heterocycles. The average Bonchev–Trinajstić information content (AvgIpc) is 2.58. The van der Waals surface area contributed by atoms with E-state index in [0.29, 0.717) is 19.6 Å². The molecular weight excluding hydrogens is 293 g/mol. The molecule has 4 heteroatoms. The van der Waals surface area contributed by atoms with E-state index in [0.717, 1.165) is 19.4 Å². The van der Waals surface area contributed by atoms with Gasteiger partial charge in [-0.15, -0.1) is 0 Å². The second-order valence-electron chi connectivity index (χ2n) is 5.92. The van der Waals surface area contributed by atoms with Crippen LogP contribution in [-0.2, 0) is 15.9 Å². The minimum Gasteiger partial charge on any atom is -0.377 e. The highest BCUT2D eigenvalue weighted by atomic mass is 19.1. The highest BCUT2D eigenvalue weighted by Gasteiger charge is 2.23. The standard InChI is InChI=1S/C19H30FNO2/c1-4-19(2,16-22-14-13-21-3)23-15-18(20)12-8-11-17-9-6-5-7-10-17/h5-7,9-10,12,21H,4,8,11,13-16H2,1-3H3/b18-12+. The summed E-state index contributed by atoms with van der Waals surface area (Å²) in [6, 6.07) is 10.1. The van der Waals surface area contributed by atoms with E-state index in [1.807, 2.05) is 39.1 Å². The highest BCUT2D eigenvalue weighted by molar-refractivity contribution is 5.15. The minimum atomic E-state index is -0.446. The summed E-state index contributed by atoms with van der Waals surface area (Å²) < 4.78 is 25.2. The second kappa shape index (κ2) is 11.3. The number of aryl methyl sites for hydroxylation is 1. The van der Waals surface area contributed by atoms with Crippen LogP contribution in [0, 0.1) is 0 Å². The van der Waals surface area contributed by atoms with E-state index in [4.69, 9.17) is 9.47 Å². The Balaban J connectivity index is 2.30. The smallest absolute Gasteiger partial charge is 0.122 e. The van der Waals surface area contributed by atoms with E-state index < -0.39 is 5.60 Å². The molecule has 1 unspecified atom stereocenters. The topological polar surface area (TPSA) is 30.5 Å². The summed E-state index contributed by atoms with van der Waals surface area (Å²) in [4.78, 5) is 0. The van der Waals surface area contributed by atoms with Gasteiger partial charge in [0.2, 0.25) is 0 Å². The van der Waals surface area contributed by atoms with Crippen LogP contribution in [0.4, 0.5) is 4.39 Å². The van der Waals surface area contributed by atoms with Gasteiger partial charge < -0.3 is 14.8 Å². The van der Waals surface area contributed by atoms with Gasteiger partial charge in [-0.2, -0.15) is 0 Å². The molecule has 0 aliphatic heterocycles. The number of likely N-dealkylation sites (N-methyl/N-ethyl adjacent to an activating group) is 1. The fourth-order valence-electron chi connectivity index (χ4n) is 2.05. The minimum absolute atomic E-state index is 0.00845. The van der Waals surface area contributed by atoms with Crippen LogP contribution < -0.4 is 5.32 Å². The molecule has 0 aliphatic rings. The van der Waals surface area contributed by atoms with Crippen LogP contribution in [0.1, 0.15) is 32.3 Å². The van der Waals surface area contributed by atoms with Crippen molar-refractivity contribution in [3.8, 4) is 0 Å². The lowest BCUT2D eigenvalue weighted by molar-refractivity contribution is -0.0835. The number of rotatable bonds is 12. The van der Waals surface area contributed by atoms with Crippen molar-refractivity contribution in [3.05, 3.63) is 47.8 Å². The molecular formula is C19H30FNO2. The zero-order chi connectivity index (χ0) is 17.0.